The standard InChI is InChI=1S/C19H19FO5/c1-4-8-14-15(12-9-7-10-13(20)11-12)16(18(21)23-5-2)17(25-14)19(22)24-6-3/h4,7-11H,5-6H2,1-3H3/b8-4+. The minimum atomic E-state index is -0.779. The summed E-state index contributed by atoms with van der Waals surface area (Å²) in [6.45, 7) is 5.29. The molecule has 0 spiro atoms. The van der Waals surface area contributed by atoms with Gasteiger partial charge in [-0.1, -0.05) is 18.2 Å². The third kappa shape index (κ3) is 3.96. The van der Waals surface area contributed by atoms with E-state index in [9.17, 15) is 14.0 Å². The van der Waals surface area contributed by atoms with E-state index in [4.69, 9.17) is 13.9 Å². The van der Waals surface area contributed by atoms with Crippen molar-refractivity contribution in [3.05, 3.63) is 53.2 Å². The molecule has 1 aromatic carbocycles. The molecular weight excluding hydrogens is 327 g/mol. The van der Waals surface area contributed by atoms with Crippen LogP contribution in [-0.2, 0) is 9.47 Å². The van der Waals surface area contributed by atoms with Gasteiger partial charge in [-0.3, -0.25) is 0 Å². The number of carbonyl (C=O) groups excluding carboxylic acids is 2. The lowest BCUT2D eigenvalue weighted by Crippen LogP contribution is -2.13. The molecule has 6 heteroatoms. The van der Waals surface area contributed by atoms with Crippen molar-refractivity contribution in [3.63, 3.8) is 0 Å². The molecule has 0 bridgehead atoms. The van der Waals surface area contributed by atoms with Crippen molar-refractivity contribution >= 4 is 18.0 Å². The molecule has 0 saturated carbocycles. The second kappa shape index (κ2) is 8.28. The van der Waals surface area contributed by atoms with Crippen LogP contribution in [0.25, 0.3) is 17.2 Å². The lowest BCUT2D eigenvalue weighted by molar-refractivity contribution is 0.0452. The maximum Gasteiger partial charge on any atom is 0.375 e. The first-order valence-corrected chi connectivity index (χ1v) is 7.93. The second-order valence-corrected chi connectivity index (χ2v) is 5.00. The van der Waals surface area contributed by atoms with Crippen molar-refractivity contribution in [2.24, 2.45) is 0 Å². The average molecular weight is 346 g/mol. The van der Waals surface area contributed by atoms with Crippen molar-refractivity contribution in [1.82, 2.24) is 0 Å². The summed E-state index contributed by atoms with van der Waals surface area (Å²) in [4.78, 5) is 24.7. The van der Waals surface area contributed by atoms with Gasteiger partial charge >= 0.3 is 11.9 Å². The highest BCUT2D eigenvalue weighted by Gasteiger charge is 2.31. The van der Waals surface area contributed by atoms with E-state index in [1.807, 2.05) is 0 Å². The molecule has 132 valence electrons. The lowest BCUT2D eigenvalue weighted by Gasteiger charge is -2.06. The number of hydrogen-bond acceptors (Lipinski definition) is 5. The largest absolute Gasteiger partial charge is 0.462 e. The number of allylic oxidation sites excluding steroid dienone is 1. The van der Waals surface area contributed by atoms with Crippen molar-refractivity contribution in [2.75, 3.05) is 13.2 Å². The summed E-state index contributed by atoms with van der Waals surface area (Å²) in [5, 5.41) is 0. The fraction of sp³-hybridized carbons (Fsp3) is 0.263. The summed E-state index contributed by atoms with van der Waals surface area (Å²) in [6, 6.07) is 5.68. The molecule has 25 heavy (non-hydrogen) atoms. The third-order valence-electron chi connectivity index (χ3n) is 3.31. The molecule has 2 rings (SSSR count). The van der Waals surface area contributed by atoms with Gasteiger partial charge < -0.3 is 13.9 Å². The molecule has 0 saturated heterocycles. The predicted molar refractivity (Wildman–Crippen MR) is 90.7 cm³/mol. The fourth-order valence-corrected chi connectivity index (χ4v) is 2.39. The molecular formula is C19H19FO5. The average Bonchev–Trinajstić information content (AvgIpc) is 2.95. The Hall–Kier alpha value is -2.89. The monoisotopic (exact) mass is 346 g/mol. The van der Waals surface area contributed by atoms with Crippen LogP contribution in [0.1, 0.15) is 47.4 Å². The van der Waals surface area contributed by atoms with Crippen LogP contribution < -0.4 is 0 Å². The van der Waals surface area contributed by atoms with Gasteiger partial charge in [-0.05, 0) is 44.5 Å². The Morgan fingerprint density at radius 3 is 2.44 bits per heavy atom. The molecule has 0 aliphatic heterocycles. The first-order valence-electron chi connectivity index (χ1n) is 7.93. The quantitative estimate of drug-likeness (QED) is 0.722. The highest BCUT2D eigenvalue weighted by Crippen LogP contribution is 2.35. The van der Waals surface area contributed by atoms with E-state index in [2.05, 4.69) is 0 Å². The van der Waals surface area contributed by atoms with E-state index in [0.717, 1.165) is 0 Å². The third-order valence-corrected chi connectivity index (χ3v) is 3.31. The minimum Gasteiger partial charge on any atom is -0.462 e. The van der Waals surface area contributed by atoms with E-state index in [-0.39, 0.29) is 30.3 Å². The molecule has 1 aromatic heterocycles. The molecule has 0 N–H and O–H groups in total. The fourth-order valence-electron chi connectivity index (χ4n) is 2.39. The Labute approximate surface area is 145 Å². The van der Waals surface area contributed by atoms with Crippen molar-refractivity contribution in [2.45, 2.75) is 20.8 Å². The Morgan fingerprint density at radius 1 is 1.16 bits per heavy atom. The number of hydrogen-bond donors (Lipinski definition) is 0. The zero-order valence-corrected chi connectivity index (χ0v) is 14.3. The van der Waals surface area contributed by atoms with Crippen LogP contribution in [0.5, 0.6) is 0 Å². The molecule has 2 aromatic rings. The molecule has 0 fully saturated rings. The maximum atomic E-state index is 13.7. The van der Waals surface area contributed by atoms with E-state index < -0.39 is 17.8 Å². The molecule has 5 nitrogen and oxygen atoms in total. The lowest BCUT2D eigenvalue weighted by atomic mass is 9.99. The van der Waals surface area contributed by atoms with Crippen LogP contribution in [0.2, 0.25) is 0 Å². The number of carbonyl (C=O) groups is 2. The molecule has 0 aliphatic carbocycles. The van der Waals surface area contributed by atoms with Gasteiger partial charge in [0.2, 0.25) is 5.76 Å². The van der Waals surface area contributed by atoms with Crippen molar-refractivity contribution < 1.29 is 27.9 Å². The normalized spacial score (nSPS) is 10.9. The van der Waals surface area contributed by atoms with E-state index >= 15 is 0 Å². The van der Waals surface area contributed by atoms with Crippen molar-refractivity contribution in [3.8, 4) is 11.1 Å². The van der Waals surface area contributed by atoms with Gasteiger partial charge in [0.25, 0.3) is 0 Å². The molecule has 1 heterocycles. The summed E-state index contributed by atoms with van der Waals surface area (Å²) < 4.78 is 29.3. The van der Waals surface area contributed by atoms with Gasteiger partial charge in [0.1, 0.15) is 17.1 Å². The van der Waals surface area contributed by atoms with Crippen LogP contribution in [0.3, 0.4) is 0 Å². The number of halogens is 1. The zero-order valence-electron chi connectivity index (χ0n) is 14.3. The van der Waals surface area contributed by atoms with Crippen LogP contribution in [0.15, 0.2) is 34.8 Å². The summed E-state index contributed by atoms with van der Waals surface area (Å²) in [5.41, 5.74) is 0.619. The Balaban J connectivity index is 2.76. The van der Waals surface area contributed by atoms with Crippen LogP contribution >= 0.6 is 0 Å². The van der Waals surface area contributed by atoms with Gasteiger partial charge in [-0.2, -0.15) is 0 Å². The van der Waals surface area contributed by atoms with Gasteiger partial charge in [-0.15, -0.1) is 0 Å². The first kappa shape index (κ1) is 18.4. The highest BCUT2D eigenvalue weighted by atomic mass is 19.1. The number of rotatable bonds is 6. The van der Waals surface area contributed by atoms with Crippen LogP contribution in [0, 0.1) is 5.82 Å². The van der Waals surface area contributed by atoms with Gasteiger partial charge in [0.15, 0.2) is 0 Å². The molecule has 0 atom stereocenters. The minimum absolute atomic E-state index is 0.0704. The maximum absolute atomic E-state index is 13.7. The topological polar surface area (TPSA) is 65.7 Å². The van der Waals surface area contributed by atoms with Crippen molar-refractivity contribution in [1.29, 1.82) is 0 Å². The van der Waals surface area contributed by atoms with E-state index in [1.165, 1.54) is 18.2 Å². The number of esters is 2. The van der Waals surface area contributed by atoms with Gasteiger partial charge in [-0.25, -0.2) is 14.0 Å². The second-order valence-electron chi connectivity index (χ2n) is 5.00. The smallest absolute Gasteiger partial charge is 0.375 e. The number of benzene rings is 1. The molecule has 0 amide bonds. The summed E-state index contributed by atoms with van der Waals surface area (Å²) in [7, 11) is 0. The Morgan fingerprint density at radius 2 is 1.84 bits per heavy atom. The number of furan rings is 1. The first-order chi connectivity index (χ1) is 12.0. The van der Waals surface area contributed by atoms with Crippen LogP contribution in [0.4, 0.5) is 4.39 Å². The number of ether oxygens (including phenoxy) is 2. The Kier molecular flexibility index (Phi) is 6.11. The molecule has 0 aliphatic rings. The summed E-state index contributed by atoms with van der Waals surface area (Å²) in [6.07, 6.45) is 3.27. The van der Waals surface area contributed by atoms with E-state index in [1.54, 1.807) is 39.0 Å². The molecule has 0 radical (unpaired) electrons. The van der Waals surface area contributed by atoms with Gasteiger partial charge in [0, 0.05) is 5.56 Å². The van der Waals surface area contributed by atoms with Crippen LogP contribution in [-0.4, -0.2) is 25.2 Å². The molecule has 0 unspecified atom stereocenters. The summed E-state index contributed by atoms with van der Waals surface area (Å²) >= 11 is 0. The zero-order chi connectivity index (χ0) is 18.4. The van der Waals surface area contributed by atoms with E-state index in [0.29, 0.717) is 11.1 Å². The SMILES string of the molecule is C/C=C/c1oc(C(=O)OCC)c(C(=O)OCC)c1-c1cccc(F)c1. The Bertz CT molecular complexity index is 804. The summed E-state index contributed by atoms with van der Waals surface area (Å²) in [5.74, 6) is -1.99. The predicted octanol–water partition coefficient (Wildman–Crippen LogP) is 4.47. The van der Waals surface area contributed by atoms with Gasteiger partial charge in [0.05, 0.1) is 13.2 Å². The highest BCUT2D eigenvalue weighted by molar-refractivity contribution is 6.08.